The van der Waals surface area contributed by atoms with E-state index in [1.165, 1.54) is 12.1 Å². The normalized spacial score (nSPS) is 10.7. The fraction of sp³-hybridized carbons (Fsp3) is 0.158. The molecule has 25 heavy (non-hydrogen) atoms. The first kappa shape index (κ1) is 17.4. The molecule has 1 amide bonds. The van der Waals surface area contributed by atoms with Gasteiger partial charge in [-0.1, -0.05) is 34.1 Å². The maximum atomic E-state index is 13.8. The number of aromatic nitrogens is 2. The van der Waals surface area contributed by atoms with Gasteiger partial charge >= 0.3 is 0 Å². The summed E-state index contributed by atoms with van der Waals surface area (Å²) >= 11 is 3.25. The summed E-state index contributed by atoms with van der Waals surface area (Å²) in [6.45, 7) is 4.14. The number of para-hydroxylation sites is 1. The van der Waals surface area contributed by atoms with Gasteiger partial charge < -0.3 is 5.32 Å². The molecule has 0 unspecified atom stereocenters. The van der Waals surface area contributed by atoms with Gasteiger partial charge in [0, 0.05) is 22.3 Å². The van der Waals surface area contributed by atoms with Crippen molar-refractivity contribution in [2.75, 3.05) is 0 Å². The highest BCUT2D eigenvalue weighted by Gasteiger charge is 2.16. The molecule has 0 saturated carbocycles. The molecule has 0 fully saturated rings. The average molecular weight is 402 g/mol. The third kappa shape index (κ3) is 3.64. The zero-order chi connectivity index (χ0) is 18.0. The summed E-state index contributed by atoms with van der Waals surface area (Å²) in [6.07, 6.45) is 0. The van der Waals surface area contributed by atoms with E-state index in [9.17, 15) is 9.18 Å². The summed E-state index contributed by atoms with van der Waals surface area (Å²) in [4.78, 5) is 12.3. The number of hydrogen-bond acceptors (Lipinski definition) is 2. The van der Waals surface area contributed by atoms with E-state index in [1.807, 2.05) is 48.9 Å². The number of hydrogen-bond donors (Lipinski definition) is 1. The Kier molecular flexibility index (Phi) is 4.99. The van der Waals surface area contributed by atoms with E-state index in [0.29, 0.717) is 4.47 Å². The monoisotopic (exact) mass is 401 g/mol. The Balaban J connectivity index is 1.81. The van der Waals surface area contributed by atoms with Crippen molar-refractivity contribution in [2.24, 2.45) is 0 Å². The minimum Gasteiger partial charge on any atom is -0.348 e. The molecule has 6 heteroatoms. The highest BCUT2D eigenvalue weighted by Crippen LogP contribution is 2.19. The zero-order valence-electron chi connectivity index (χ0n) is 13.9. The van der Waals surface area contributed by atoms with Crippen LogP contribution in [0.2, 0.25) is 0 Å². The fourth-order valence-corrected chi connectivity index (χ4v) is 3.05. The van der Waals surface area contributed by atoms with Gasteiger partial charge in [0.25, 0.3) is 5.91 Å². The van der Waals surface area contributed by atoms with Crippen LogP contribution in [0.1, 0.15) is 27.3 Å². The number of aryl methyl sites for hydroxylation is 1. The quantitative estimate of drug-likeness (QED) is 0.707. The molecular formula is C19H17BrFN3O. The van der Waals surface area contributed by atoms with Crippen LogP contribution in [0, 0.1) is 19.7 Å². The van der Waals surface area contributed by atoms with E-state index in [1.54, 1.807) is 6.07 Å². The average Bonchev–Trinajstić information content (AvgIpc) is 2.90. The van der Waals surface area contributed by atoms with E-state index in [-0.39, 0.29) is 12.1 Å². The minimum absolute atomic E-state index is 0.0140. The minimum atomic E-state index is -0.547. The smallest absolute Gasteiger partial charge is 0.254 e. The van der Waals surface area contributed by atoms with Gasteiger partial charge in [0.2, 0.25) is 0 Å². The molecule has 0 aliphatic heterocycles. The maximum absolute atomic E-state index is 13.8. The predicted molar refractivity (Wildman–Crippen MR) is 98.3 cm³/mol. The van der Waals surface area contributed by atoms with Crippen LogP contribution in [0.15, 0.2) is 53.0 Å². The van der Waals surface area contributed by atoms with Crippen LogP contribution in [-0.4, -0.2) is 15.7 Å². The number of carbonyl (C=O) groups excluding carboxylic acids is 1. The van der Waals surface area contributed by atoms with Crippen molar-refractivity contribution in [2.45, 2.75) is 20.4 Å². The lowest BCUT2D eigenvalue weighted by Crippen LogP contribution is -2.24. The molecule has 2 aromatic carbocycles. The molecule has 0 saturated heterocycles. The molecule has 0 bridgehead atoms. The lowest BCUT2D eigenvalue weighted by Gasteiger charge is -2.08. The Morgan fingerprint density at radius 1 is 1.20 bits per heavy atom. The number of benzene rings is 2. The molecule has 0 radical (unpaired) electrons. The predicted octanol–water partition coefficient (Wildman–Crippen LogP) is 4.32. The second kappa shape index (κ2) is 7.19. The Labute approximate surface area is 153 Å². The molecule has 4 nitrogen and oxygen atoms in total. The zero-order valence-corrected chi connectivity index (χ0v) is 15.5. The van der Waals surface area contributed by atoms with Gasteiger partial charge in [-0.15, -0.1) is 0 Å². The molecule has 3 aromatic rings. The lowest BCUT2D eigenvalue weighted by molar-refractivity contribution is 0.0946. The second-order valence-corrected chi connectivity index (χ2v) is 6.62. The third-order valence-corrected chi connectivity index (χ3v) is 4.53. The molecule has 1 aromatic heterocycles. The molecular weight excluding hydrogens is 385 g/mol. The number of amides is 1. The van der Waals surface area contributed by atoms with Crippen LogP contribution >= 0.6 is 15.9 Å². The summed E-state index contributed by atoms with van der Waals surface area (Å²) in [6, 6.07) is 14.1. The Bertz CT molecular complexity index is 922. The van der Waals surface area contributed by atoms with Crippen molar-refractivity contribution in [3.05, 3.63) is 81.3 Å². The molecule has 1 N–H and O–H groups in total. The Morgan fingerprint density at radius 3 is 2.64 bits per heavy atom. The first-order chi connectivity index (χ1) is 12.0. The van der Waals surface area contributed by atoms with Gasteiger partial charge in [0.05, 0.1) is 16.9 Å². The van der Waals surface area contributed by atoms with Crippen molar-refractivity contribution < 1.29 is 9.18 Å². The number of nitrogens with one attached hydrogen (secondary N) is 1. The van der Waals surface area contributed by atoms with E-state index in [4.69, 9.17) is 0 Å². The molecule has 128 valence electrons. The largest absolute Gasteiger partial charge is 0.348 e. The molecule has 0 spiro atoms. The highest BCUT2D eigenvalue weighted by atomic mass is 79.9. The van der Waals surface area contributed by atoms with Gasteiger partial charge in [-0.25, -0.2) is 9.07 Å². The van der Waals surface area contributed by atoms with Gasteiger partial charge in [0.15, 0.2) is 0 Å². The lowest BCUT2D eigenvalue weighted by atomic mass is 10.1. The standard InChI is InChI=1S/C19H17BrFN3O/c1-12-17(13(2)24(23-12)15-6-4-3-5-7-15)11-22-19(25)16-10-14(20)8-9-18(16)21/h3-10H,11H2,1-2H3,(H,22,25). The number of nitrogens with zero attached hydrogens (tertiary/aromatic N) is 2. The number of halogens is 2. The molecule has 0 aliphatic carbocycles. The highest BCUT2D eigenvalue weighted by molar-refractivity contribution is 9.10. The molecule has 1 heterocycles. The van der Waals surface area contributed by atoms with Crippen molar-refractivity contribution in [1.82, 2.24) is 15.1 Å². The van der Waals surface area contributed by atoms with Gasteiger partial charge in [0.1, 0.15) is 5.82 Å². The fourth-order valence-electron chi connectivity index (χ4n) is 2.69. The van der Waals surface area contributed by atoms with Crippen LogP contribution in [0.25, 0.3) is 5.69 Å². The third-order valence-electron chi connectivity index (χ3n) is 4.04. The van der Waals surface area contributed by atoms with Crippen LogP contribution in [0.4, 0.5) is 4.39 Å². The summed E-state index contributed by atoms with van der Waals surface area (Å²) in [5.74, 6) is -1.00. The van der Waals surface area contributed by atoms with Crippen LogP contribution in [-0.2, 0) is 6.54 Å². The van der Waals surface area contributed by atoms with E-state index >= 15 is 0 Å². The first-order valence-corrected chi connectivity index (χ1v) is 8.60. The van der Waals surface area contributed by atoms with Crippen molar-refractivity contribution in [3.63, 3.8) is 0 Å². The van der Waals surface area contributed by atoms with Gasteiger partial charge in [-0.2, -0.15) is 5.10 Å². The molecule has 3 rings (SSSR count). The van der Waals surface area contributed by atoms with Crippen LogP contribution in [0.3, 0.4) is 0 Å². The van der Waals surface area contributed by atoms with Crippen molar-refractivity contribution >= 4 is 21.8 Å². The van der Waals surface area contributed by atoms with Crippen LogP contribution < -0.4 is 5.32 Å². The summed E-state index contributed by atoms with van der Waals surface area (Å²) < 4.78 is 16.3. The summed E-state index contributed by atoms with van der Waals surface area (Å²) in [5.41, 5.74) is 3.67. The van der Waals surface area contributed by atoms with E-state index < -0.39 is 11.7 Å². The van der Waals surface area contributed by atoms with E-state index in [2.05, 4.69) is 26.3 Å². The maximum Gasteiger partial charge on any atom is 0.254 e. The number of carbonyl (C=O) groups is 1. The first-order valence-electron chi connectivity index (χ1n) is 7.81. The van der Waals surface area contributed by atoms with Gasteiger partial charge in [-0.05, 0) is 44.2 Å². The topological polar surface area (TPSA) is 46.9 Å². The second-order valence-electron chi connectivity index (χ2n) is 5.70. The molecule has 0 atom stereocenters. The molecule has 0 aliphatic rings. The van der Waals surface area contributed by atoms with Crippen molar-refractivity contribution in [3.8, 4) is 5.69 Å². The number of rotatable bonds is 4. The summed E-state index contributed by atoms with van der Waals surface area (Å²) in [5, 5.41) is 7.32. The Hall–Kier alpha value is -2.47. The van der Waals surface area contributed by atoms with Gasteiger partial charge in [-0.3, -0.25) is 4.79 Å². The van der Waals surface area contributed by atoms with E-state index in [0.717, 1.165) is 22.6 Å². The summed E-state index contributed by atoms with van der Waals surface area (Å²) in [7, 11) is 0. The van der Waals surface area contributed by atoms with Crippen molar-refractivity contribution in [1.29, 1.82) is 0 Å². The Morgan fingerprint density at radius 2 is 1.92 bits per heavy atom. The SMILES string of the molecule is Cc1nn(-c2ccccc2)c(C)c1CNC(=O)c1cc(Br)ccc1F. The van der Waals surface area contributed by atoms with Crippen LogP contribution in [0.5, 0.6) is 0 Å².